The van der Waals surface area contributed by atoms with Crippen LogP contribution in [0.2, 0.25) is 0 Å². The van der Waals surface area contributed by atoms with E-state index >= 15 is 0 Å². The first-order chi connectivity index (χ1) is 15.5. The van der Waals surface area contributed by atoms with E-state index in [-0.39, 0.29) is 28.8 Å². The average Bonchev–Trinajstić information content (AvgIpc) is 3.50. The number of nitrogen functional groups attached to an aromatic ring is 1. The number of nitrogens with zero attached hydrogens (tertiary/aromatic N) is 9. The smallest absolute Gasteiger partial charge is 0.293 e. The van der Waals surface area contributed by atoms with Crippen LogP contribution >= 0.6 is 11.8 Å². The molecule has 32 heavy (non-hydrogen) atoms. The first kappa shape index (κ1) is 21.0. The maximum Gasteiger partial charge on any atom is 0.293 e. The Morgan fingerprint density at radius 1 is 1.31 bits per heavy atom. The number of thioether (sulfide) groups is 1. The summed E-state index contributed by atoms with van der Waals surface area (Å²) < 4.78 is 7.63. The molecule has 0 fully saturated rings. The van der Waals surface area contributed by atoms with Crippen LogP contribution in [0.4, 0.5) is 5.82 Å². The summed E-state index contributed by atoms with van der Waals surface area (Å²) >= 11 is 1.30. The molecule has 14 nitrogen and oxygen atoms in total. The molecule has 0 aliphatic heterocycles. The van der Waals surface area contributed by atoms with E-state index in [1.165, 1.54) is 22.5 Å². The van der Waals surface area contributed by atoms with Gasteiger partial charge in [0.15, 0.2) is 10.9 Å². The molecular weight excluding hydrogens is 438 g/mol. The summed E-state index contributed by atoms with van der Waals surface area (Å²) in [6.45, 7) is 1.65. The Morgan fingerprint density at radius 3 is 2.81 bits per heavy atom. The van der Waals surface area contributed by atoms with Gasteiger partial charge in [-0.05, 0) is 29.4 Å². The summed E-state index contributed by atoms with van der Waals surface area (Å²) in [5.74, 6) is -0.256. The van der Waals surface area contributed by atoms with Gasteiger partial charge in [0.2, 0.25) is 11.6 Å². The standard InChI is InChI=1S/C17H17N11O3S/c1-9(10-5-3-4-6-12(10)29)20-22-16(30)13-11(7-32-17-23-19-8-27(17)2)28(26-21-13)15-14(18)24-31-25-15/h3-6,8,29H,7H2,1-2H3,(H2,18,24)(H,22,30). The van der Waals surface area contributed by atoms with Crippen molar-refractivity contribution in [2.45, 2.75) is 17.8 Å². The number of phenolic OH excluding ortho intramolecular Hbond substituents is 1. The van der Waals surface area contributed by atoms with E-state index in [2.05, 4.69) is 46.0 Å². The van der Waals surface area contributed by atoms with E-state index in [4.69, 9.17) is 5.73 Å². The molecular formula is C17H17N11O3S. The van der Waals surface area contributed by atoms with E-state index in [1.807, 2.05) is 0 Å². The largest absolute Gasteiger partial charge is 0.507 e. The Bertz CT molecular complexity index is 1290. The van der Waals surface area contributed by atoms with Gasteiger partial charge in [-0.1, -0.05) is 29.1 Å². The monoisotopic (exact) mass is 455 g/mol. The second-order valence-electron chi connectivity index (χ2n) is 6.44. The van der Waals surface area contributed by atoms with Gasteiger partial charge in [-0.3, -0.25) is 4.79 Å². The molecule has 0 spiro atoms. The number of rotatable bonds is 7. The minimum absolute atomic E-state index is 0.00379. The summed E-state index contributed by atoms with van der Waals surface area (Å²) in [6, 6.07) is 6.65. The number of hydrogen-bond acceptors (Lipinski definition) is 12. The highest BCUT2D eigenvalue weighted by Gasteiger charge is 2.24. The fraction of sp³-hybridized carbons (Fsp3) is 0.176. The van der Waals surface area contributed by atoms with Crippen LogP contribution in [0.15, 0.2) is 45.5 Å². The molecule has 0 atom stereocenters. The summed E-state index contributed by atoms with van der Waals surface area (Å²) in [4.78, 5) is 12.9. The number of para-hydroxylation sites is 1. The molecule has 3 aromatic heterocycles. The summed E-state index contributed by atoms with van der Waals surface area (Å²) in [7, 11) is 1.79. The predicted octanol–water partition coefficient (Wildman–Crippen LogP) is 0.513. The minimum atomic E-state index is -0.616. The van der Waals surface area contributed by atoms with Gasteiger partial charge in [-0.2, -0.15) is 9.78 Å². The number of benzene rings is 1. The van der Waals surface area contributed by atoms with E-state index < -0.39 is 5.91 Å². The van der Waals surface area contributed by atoms with Gasteiger partial charge in [0, 0.05) is 18.4 Å². The van der Waals surface area contributed by atoms with Gasteiger partial charge in [0.1, 0.15) is 12.1 Å². The topological polar surface area (TPSA) is 188 Å². The Balaban J connectivity index is 1.62. The summed E-state index contributed by atoms with van der Waals surface area (Å²) in [6.07, 6.45) is 1.56. The SMILES string of the molecule is CC(=NNC(=O)c1nnn(-c2nonc2N)c1CSc1nncn1C)c1ccccc1O. The summed E-state index contributed by atoms with van der Waals surface area (Å²) in [5.41, 5.74) is 9.47. The summed E-state index contributed by atoms with van der Waals surface area (Å²) in [5, 5.41) is 37.7. The zero-order valence-electron chi connectivity index (χ0n) is 16.9. The second-order valence-corrected chi connectivity index (χ2v) is 7.38. The number of amides is 1. The van der Waals surface area contributed by atoms with Crippen molar-refractivity contribution in [2.24, 2.45) is 12.1 Å². The number of carbonyl (C=O) groups is 1. The fourth-order valence-corrected chi connectivity index (χ4v) is 3.56. The van der Waals surface area contributed by atoms with Crippen molar-refractivity contribution in [1.29, 1.82) is 0 Å². The zero-order chi connectivity index (χ0) is 22.7. The number of anilines is 1. The van der Waals surface area contributed by atoms with Crippen molar-refractivity contribution in [3.63, 3.8) is 0 Å². The van der Waals surface area contributed by atoms with Gasteiger partial charge >= 0.3 is 0 Å². The number of hydrogen-bond donors (Lipinski definition) is 3. The van der Waals surface area contributed by atoms with Gasteiger partial charge in [-0.25, -0.2) is 10.1 Å². The number of aryl methyl sites for hydroxylation is 1. The van der Waals surface area contributed by atoms with Gasteiger partial charge in [-0.15, -0.1) is 15.3 Å². The minimum Gasteiger partial charge on any atom is -0.507 e. The van der Waals surface area contributed by atoms with Crippen molar-refractivity contribution in [3.05, 3.63) is 47.5 Å². The number of hydrazone groups is 1. The number of nitrogens with one attached hydrogen (secondary N) is 1. The van der Waals surface area contributed by atoms with Crippen LogP contribution in [0.5, 0.6) is 5.75 Å². The molecule has 0 radical (unpaired) electrons. The first-order valence-electron chi connectivity index (χ1n) is 9.08. The Kier molecular flexibility index (Phi) is 5.80. The molecule has 0 bridgehead atoms. The molecule has 0 aliphatic rings. The van der Waals surface area contributed by atoms with Crippen molar-refractivity contribution in [1.82, 2.24) is 45.5 Å². The lowest BCUT2D eigenvalue weighted by Crippen LogP contribution is -2.21. The Morgan fingerprint density at radius 2 is 2.12 bits per heavy atom. The van der Waals surface area contributed by atoms with Crippen molar-refractivity contribution in [3.8, 4) is 11.6 Å². The van der Waals surface area contributed by atoms with Crippen LogP contribution < -0.4 is 11.2 Å². The lowest BCUT2D eigenvalue weighted by Gasteiger charge is -2.06. The van der Waals surface area contributed by atoms with Gasteiger partial charge in [0.05, 0.1) is 11.4 Å². The highest BCUT2D eigenvalue weighted by atomic mass is 32.2. The third-order valence-electron chi connectivity index (χ3n) is 4.30. The van der Waals surface area contributed by atoms with Crippen molar-refractivity contribution in [2.75, 3.05) is 5.73 Å². The third kappa shape index (κ3) is 4.13. The number of phenols is 1. The molecule has 1 aromatic carbocycles. The normalized spacial score (nSPS) is 11.6. The van der Waals surface area contributed by atoms with E-state index in [0.717, 1.165) is 0 Å². The van der Waals surface area contributed by atoms with E-state index in [0.29, 0.717) is 22.1 Å². The molecule has 4 rings (SSSR count). The number of aromatic nitrogens is 8. The quantitative estimate of drug-likeness (QED) is 0.200. The molecule has 3 heterocycles. The van der Waals surface area contributed by atoms with Crippen LogP contribution in [0.3, 0.4) is 0 Å². The molecule has 4 N–H and O–H groups in total. The molecule has 15 heteroatoms. The third-order valence-corrected chi connectivity index (χ3v) is 5.35. The van der Waals surface area contributed by atoms with E-state index in [9.17, 15) is 9.90 Å². The van der Waals surface area contributed by atoms with Crippen LogP contribution in [0, 0.1) is 0 Å². The molecule has 4 aromatic rings. The van der Waals surface area contributed by atoms with E-state index in [1.54, 1.807) is 43.1 Å². The number of nitrogens with two attached hydrogens (primary N) is 1. The van der Waals surface area contributed by atoms with Crippen LogP contribution in [-0.4, -0.2) is 56.8 Å². The molecule has 0 saturated carbocycles. The number of aromatic hydroxyl groups is 1. The zero-order valence-corrected chi connectivity index (χ0v) is 17.7. The Labute approximate surface area is 184 Å². The predicted molar refractivity (Wildman–Crippen MR) is 112 cm³/mol. The van der Waals surface area contributed by atoms with Crippen molar-refractivity contribution >= 4 is 29.2 Å². The van der Waals surface area contributed by atoms with Crippen LogP contribution in [0.1, 0.15) is 28.7 Å². The second kappa shape index (κ2) is 8.84. The van der Waals surface area contributed by atoms with Gasteiger partial charge < -0.3 is 15.4 Å². The Hall–Kier alpha value is -4.27. The van der Waals surface area contributed by atoms with Gasteiger partial charge in [0.25, 0.3) is 5.91 Å². The molecule has 164 valence electrons. The fourth-order valence-electron chi connectivity index (χ4n) is 2.68. The van der Waals surface area contributed by atoms with Crippen LogP contribution in [-0.2, 0) is 12.8 Å². The average molecular weight is 455 g/mol. The number of carbonyl (C=O) groups excluding carboxylic acids is 1. The maximum absolute atomic E-state index is 12.9. The van der Waals surface area contributed by atoms with Crippen molar-refractivity contribution < 1.29 is 14.5 Å². The molecule has 0 aliphatic carbocycles. The molecule has 0 unspecified atom stereocenters. The lowest BCUT2D eigenvalue weighted by atomic mass is 10.1. The lowest BCUT2D eigenvalue weighted by molar-refractivity contribution is 0.0949. The molecule has 0 saturated heterocycles. The highest BCUT2D eigenvalue weighted by molar-refractivity contribution is 7.98. The highest BCUT2D eigenvalue weighted by Crippen LogP contribution is 2.24. The van der Waals surface area contributed by atoms with Crippen LogP contribution in [0.25, 0.3) is 5.82 Å². The molecule has 1 amide bonds. The first-order valence-corrected chi connectivity index (χ1v) is 10.1. The maximum atomic E-state index is 12.9.